The number of carboxylic acid groups (broad SMARTS) is 1. The van der Waals surface area contributed by atoms with Crippen molar-refractivity contribution in [3.63, 3.8) is 0 Å². The molecule has 4 heteroatoms. The molecule has 0 radical (unpaired) electrons. The Hall–Kier alpha value is -1.06. The van der Waals surface area contributed by atoms with Crippen molar-refractivity contribution in [2.24, 2.45) is 11.8 Å². The van der Waals surface area contributed by atoms with E-state index in [0.29, 0.717) is 6.42 Å². The van der Waals surface area contributed by atoms with Gasteiger partial charge in [-0.15, -0.1) is 0 Å². The molecule has 0 amide bonds. The van der Waals surface area contributed by atoms with Crippen molar-refractivity contribution in [2.45, 2.75) is 46.6 Å². The van der Waals surface area contributed by atoms with E-state index >= 15 is 0 Å². The Morgan fingerprint density at radius 2 is 1.73 bits per heavy atom. The molecule has 1 N–H and O–H groups in total. The summed E-state index contributed by atoms with van der Waals surface area (Å²) in [6.45, 7) is 7.47. The van der Waals surface area contributed by atoms with Gasteiger partial charge in [0.05, 0.1) is 0 Å². The standard InChI is InChI=1S/C11H20O4/c1-5-8(10(12)13)11(14)15-9(6-2)7(3)4/h7-9H,5-6H2,1-4H3,(H,12,13). The molecule has 0 aromatic carbocycles. The third-order valence-electron chi connectivity index (χ3n) is 2.40. The van der Waals surface area contributed by atoms with E-state index in [9.17, 15) is 9.59 Å². The zero-order valence-corrected chi connectivity index (χ0v) is 9.82. The minimum Gasteiger partial charge on any atom is -0.481 e. The fourth-order valence-electron chi connectivity index (χ4n) is 1.36. The average Bonchev–Trinajstić information content (AvgIpc) is 2.14. The van der Waals surface area contributed by atoms with Crippen LogP contribution in [-0.4, -0.2) is 23.1 Å². The predicted octanol–water partition coefficient (Wildman–Crippen LogP) is 2.08. The summed E-state index contributed by atoms with van der Waals surface area (Å²) in [5.41, 5.74) is 0. The van der Waals surface area contributed by atoms with Gasteiger partial charge in [0.25, 0.3) is 0 Å². The highest BCUT2D eigenvalue weighted by molar-refractivity contribution is 5.93. The molecule has 2 unspecified atom stereocenters. The Labute approximate surface area is 90.6 Å². The molecule has 0 aliphatic carbocycles. The molecule has 0 spiro atoms. The van der Waals surface area contributed by atoms with Crippen LogP contribution >= 0.6 is 0 Å². The first-order valence-corrected chi connectivity index (χ1v) is 5.37. The largest absolute Gasteiger partial charge is 0.481 e. The Morgan fingerprint density at radius 3 is 2.00 bits per heavy atom. The number of rotatable bonds is 6. The first-order valence-electron chi connectivity index (χ1n) is 5.37. The molecule has 0 saturated heterocycles. The van der Waals surface area contributed by atoms with E-state index in [-0.39, 0.29) is 18.4 Å². The topological polar surface area (TPSA) is 63.6 Å². The van der Waals surface area contributed by atoms with Gasteiger partial charge in [-0.05, 0) is 18.8 Å². The van der Waals surface area contributed by atoms with E-state index in [0.717, 1.165) is 0 Å². The van der Waals surface area contributed by atoms with Gasteiger partial charge in [-0.3, -0.25) is 9.59 Å². The van der Waals surface area contributed by atoms with Crippen molar-refractivity contribution >= 4 is 11.9 Å². The van der Waals surface area contributed by atoms with Gasteiger partial charge < -0.3 is 9.84 Å². The van der Waals surface area contributed by atoms with Crippen LogP contribution < -0.4 is 0 Å². The number of carbonyl (C=O) groups is 2. The van der Waals surface area contributed by atoms with E-state index in [1.165, 1.54) is 0 Å². The second-order valence-electron chi connectivity index (χ2n) is 3.93. The summed E-state index contributed by atoms with van der Waals surface area (Å²) in [7, 11) is 0. The molecule has 0 rings (SSSR count). The van der Waals surface area contributed by atoms with E-state index in [1.807, 2.05) is 20.8 Å². The fourth-order valence-corrected chi connectivity index (χ4v) is 1.36. The Kier molecular flexibility index (Phi) is 5.97. The molecule has 0 aromatic rings. The molecule has 4 nitrogen and oxygen atoms in total. The van der Waals surface area contributed by atoms with Gasteiger partial charge in [-0.1, -0.05) is 27.7 Å². The van der Waals surface area contributed by atoms with Crippen LogP contribution in [0.5, 0.6) is 0 Å². The normalized spacial score (nSPS) is 14.7. The second-order valence-corrected chi connectivity index (χ2v) is 3.93. The molecule has 2 atom stereocenters. The maximum Gasteiger partial charge on any atom is 0.320 e. The Bertz CT molecular complexity index is 223. The molecule has 0 aliphatic rings. The van der Waals surface area contributed by atoms with Crippen molar-refractivity contribution in [1.82, 2.24) is 0 Å². The highest BCUT2D eigenvalue weighted by atomic mass is 16.5. The minimum atomic E-state index is -1.11. The number of aliphatic carboxylic acids is 1. The zero-order valence-electron chi connectivity index (χ0n) is 9.82. The van der Waals surface area contributed by atoms with E-state index < -0.39 is 17.9 Å². The van der Waals surface area contributed by atoms with Gasteiger partial charge in [0.15, 0.2) is 5.92 Å². The molecule has 15 heavy (non-hydrogen) atoms. The molecular formula is C11H20O4. The van der Waals surface area contributed by atoms with Gasteiger partial charge in [-0.2, -0.15) is 0 Å². The van der Waals surface area contributed by atoms with Crippen LogP contribution in [0.15, 0.2) is 0 Å². The summed E-state index contributed by atoms with van der Waals surface area (Å²) >= 11 is 0. The first-order chi connectivity index (χ1) is 6.93. The van der Waals surface area contributed by atoms with Crippen molar-refractivity contribution in [2.75, 3.05) is 0 Å². The van der Waals surface area contributed by atoms with Crippen LogP contribution in [0.25, 0.3) is 0 Å². The predicted molar refractivity (Wildman–Crippen MR) is 56.4 cm³/mol. The summed E-state index contributed by atoms with van der Waals surface area (Å²) in [5.74, 6) is -2.55. The first kappa shape index (κ1) is 13.9. The van der Waals surface area contributed by atoms with Crippen molar-refractivity contribution < 1.29 is 19.4 Å². The Balaban J connectivity index is 4.38. The lowest BCUT2D eigenvalue weighted by molar-refractivity contribution is -0.164. The zero-order chi connectivity index (χ0) is 12.0. The van der Waals surface area contributed by atoms with Crippen molar-refractivity contribution in [3.8, 4) is 0 Å². The van der Waals surface area contributed by atoms with Crippen LogP contribution in [0, 0.1) is 11.8 Å². The summed E-state index contributed by atoms with van der Waals surface area (Å²) < 4.78 is 5.16. The lowest BCUT2D eigenvalue weighted by atomic mass is 10.0. The average molecular weight is 216 g/mol. The maximum absolute atomic E-state index is 11.5. The number of esters is 1. The van der Waals surface area contributed by atoms with Gasteiger partial charge in [-0.25, -0.2) is 0 Å². The summed E-state index contributed by atoms with van der Waals surface area (Å²) in [5, 5.41) is 8.77. The second kappa shape index (κ2) is 6.43. The Morgan fingerprint density at radius 1 is 1.20 bits per heavy atom. The number of hydrogen-bond donors (Lipinski definition) is 1. The number of carboxylic acids is 1. The van der Waals surface area contributed by atoms with Crippen LogP contribution in [0.2, 0.25) is 0 Å². The lowest BCUT2D eigenvalue weighted by Gasteiger charge is -2.21. The van der Waals surface area contributed by atoms with E-state index in [4.69, 9.17) is 9.84 Å². The van der Waals surface area contributed by atoms with E-state index in [1.54, 1.807) is 6.92 Å². The quantitative estimate of drug-likeness (QED) is 0.545. The van der Waals surface area contributed by atoms with Crippen LogP contribution in [0.4, 0.5) is 0 Å². The molecule has 0 aromatic heterocycles. The smallest absolute Gasteiger partial charge is 0.320 e. The van der Waals surface area contributed by atoms with Crippen molar-refractivity contribution in [1.29, 1.82) is 0 Å². The lowest BCUT2D eigenvalue weighted by Crippen LogP contribution is -2.31. The highest BCUT2D eigenvalue weighted by Crippen LogP contribution is 2.14. The van der Waals surface area contributed by atoms with Gasteiger partial charge in [0.2, 0.25) is 0 Å². The summed E-state index contributed by atoms with van der Waals surface area (Å²) in [4.78, 5) is 22.2. The van der Waals surface area contributed by atoms with Gasteiger partial charge in [0.1, 0.15) is 6.10 Å². The third kappa shape index (κ3) is 4.32. The number of carbonyl (C=O) groups excluding carboxylic acids is 1. The number of ether oxygens (including phenoxy) is 1. The van der Waals surface area contributed by atoms with E-state index in [2.05, 4.69) is 0 Å². The van der Waals surface area contributed by atoms with Gasteiger partial charge >= 0.3 is 11.9 Å². The van der Waals surface area contributed by atoms with Crippen LogP contribution in [-0.2, 0) is 14.3 Å². The molecule has 0 fully saturated rings. The highest BCUT2D eigenvalue weighted by Gasteiger charge is 2.28. The van der Waals surface area contributed by atoms with Gasteiger partial charge in [0, 0.05) is 0 Å². The third-order valence-corrected chi connectivity index (χ3v) is 2.40. The molecule has 0 aliphatic heterocycles. The molecule has 0 heterocycles. The van der Waals surface area contributed by atoms with Crippen LogP contribution in [0.3, 0.4) is 0 Å². The van der Waals surface area contributed by atoms with Crippen LogP contribution in [0.1, 0.15) is 40.5 Å². The maximum atomic E-state index is 11.5. The minimum absolute atomic E-state index is 0.189. The molecular weight excluding hydrogens is 196 g/mol. The molecule has 0 saturated carbocycles. The molecule has 88 valence electrons. The number of hydrogen-bond acceptors (Lipinski definition) is 3. The summed E-state index contributed by atoms with van der Waals surface area (Å²) in [6, 6.07) is 0. The SMILES string of the molecule is CCC(C(=O)O)C(=O)OC(CC)C(C)C. The monoisotopic (exact) mass is 216 g/mol. The molecule has 0 bridgehead atoms. The van der Waals surface area contributed by atoms with Crippen molar-refractivity contribution in [3.05, 3.63) is 0 Å². The fraction of sp³-hybridized carbons (Fsp3) is 0.818. The summed E-state index contributed by atoms with van der Waals surface area (Å²) in [6.07, 6.45) is 0.785.